The number of sulfonamides is 1. The molecule has 156 valence electrons. The van der Waals surface area contributed by atoms with Gasteiger partial charge in [0.15, 0.2) is 0 Å². The molecule has 3 rings (SSSR count). The largest absolute Gasteiger partial charge is 0.325 e. The summed E-state index contributed by atoms with van der Waals surface area (Å²) in [5.74, 6) is -0.273. The number of piperidine rings is 1. The van der Waals surface area contributed by atoms with Gasteiger partial charge >= 0.3 is 0 Å². The number of carbonyl (C=O) groups excluding carboxylic acids is 1. The van der Waals surface area contributed by atoms with Crippen LogP contribution in [0.1, 0.15) is 24.8 Å². The van der Waals surface area contributed by atoms with Gasteiger partial charge in [0.05, 0.1) is 4.90 Å². The van der Waals surface area contributed by atoms with Crippen LogP contribution in [0.3, 0.4) is 0 Å². The number of likely N-dealkylation sites (N-methyl/N-ethyl adjacent to an activating group) is 1. The molecule has 1 aliphatic rings. The summed E-state index contributed by atoms with van der Waals surface area (Å²) < 4.78 is 27.5. The van der Waals surface area contributed by atoms with Crippen LogP contribution in [0.15, 0.2) is 59.5 Å². The van der Waals surface area contributed by atoms with Crippen molar-refractivity contribution in [2.24, 2.45) is 0 Å². The molecule has 6 nitrogen and oxygen atoms in total. The van der Waals surface area contributed by atoms with Gasteiger partial charge in [0.2, 0.25) is 15.9 Å². The summed E-state index contributed by atoms with van der Waals surface area (Å²) in [5, 5.41) is 2.90. The summed E-state index contributed by atoms with van der Waals surface area (Å²) >= 11 is 0. The second-order valence-corrected chi connectivity index (χ2v) is 9.57. The quantitative estimate of drug-likeness (QED) is 0.755. The van der Waals surface area contributed by atoms with Gasteiger partial charge in [-0.25, -0.2) is 8.42 Å². The second kappa shape index (κ2) is 9.52. The molecular formula is C22H29N3O3S. The van der Waals surface area contributed by atoms with Crippen molar-refractivity contribution in [3.63, 3.8) is 0 Å². The van der Waals surface area contributed by atoms with E-state index < -0.39 is 16.1 Å². The van der Waals surface area contributed by atoms with E-state index in [0.29, 0.717) is 18.7 Å². The van der Waals surface area contributed by atoms with Gasteiger partial charge in [-0.15, -0.1) is 0 Å². The molecule has 1 N–H and O–H groups in total. The number of nitrogens with one attached hydrogen (secondary N) is 1. The maximum absolute atomic E-state index is 13.1. The van der Waals surface area contributed by atoms with Crippen molar-refractivity contribution < 1.29 is 13.2 Å². The zero-order valence-corrected chi connectivity index (χ0v) is 17.9. The SMILES string of the molecule is CN(C)CCc1ccc(NC(=O)C2CCCCN2S(=O)(=O)c2ccccc2)cc1. The van der Waals surface area contributed by atoms with E-state index >= 15 is 0 Å². The minimum Gasteiger partial charge on any atom is -0.325 e. The zero-order valence-electron chi connectivity index (χ0n) is 17.0. The van der Waals surface area contributed by atoms with Crippen molar-refractivity contribution in [1.29, 1.82) is 0 Å². The van der Waals surface area contributed by atoms with E-state index in [1.165, 1.54) is 9.87 Å². The highest BCUT2D eigenvalue weighted by Crippen LogP contribution is 2.26. The van der Waals surface area contributed by atoms with Crippen molar-refractivity contribution in [1.82, 2.24) is 9.21 Å². The fourth-order valence-corrected chi connectivity index (χ4v) is 5.19. The van der Waals surface area contributed by atoms with Crippen LogP contribution in [0.5, 0.6) is 0 Å². The molecule has 0 aromatic heterocycles. The van der Waals surface area contributed by atoms with Gasteiger partial charge in [0.25, 0.3) is 0 Å². The lowest BCUT2D eigenvalue weighted by Crippen LogP contribution is -2.49. The Balaban J connectivity index is 1.71. The summed E-state index contributed by atoms with van der Waals surface area (Å²) in [5.41, 5.74) is 1.88. The zero-order chi connectivity index (χ0) is 20.9. The van der Waals surface area contributed by atoms with E-state index in [4.69, 9.17) is 0 Å². The Morgan fingerprint density at radius 3 is 2.41 bits per heavy atom. The molecule has 1 heterocycles. The molecule has 1 amide bonds. The summed E-state index contributed by atoms with van der Waals surface area (Å²) in [6.07, 6.45) is 3.06. The number of benzene rings is 2. The van der Waals surface area contributed by atoms with E-state index in [-0.39, 0.29) is 10.8 Å². The standard InChI is InChI=1S/C22H29N3O3S/c1-24(2)17-15-18-11-13-19(14-12-18)23-22(26)21-10-6-7-16-25(21)29(27,28)20-8-4-3-5-9-20/h3-5,8-9,11-14,21H,6-7,10,15-17H2,1-2H3,(H,23,26). The van der Waals surface area contributed by atoms with Crippen LogP contribution >= 0.6 is 0 Å². The van der Waals surface area contributed by atoms with Crippen molar-refractivity contribution in [2.75, 3.05) is 32.5 Å². The molecule has 0 radical (unpaired) electrons. The monoisotopic (exact) mass is 415 g/mol. The van der Waals surface area contributed by atoms with Gasteiger partial charge in [0.1, 0.15) is 6.04 Å². The Bertz CT molecular complexity index is 912. The van der Waals surface area contributed by atoms with Crippen LogP contribution in [0.4, 0.5) is 5.69 Å². The summed E-state index contributed by atoms with van der Waals surface area (Å²) in [6.45, 7) is 1.32. The number of nitrogens with zero attached hydrogens (tertiary/aromatic N) is 2. The van der Waals surface area contributed by atoms with Gasteiger partial charge in [-0.1, -0.05) is 36.8 Å². The third-order valence-electron chi connectivity index (χ3n) is 5.18. The third kappa shape index (κ3) is 5.44. The van der Waals surface area contributed by atoms with Crippen molar-refractivity contribution in [3.05, 3.63) is 60.2 Å². The first-order valence-corrected chi connectivity index (χ1v) is 11.4. The van der Waals surface area contributed by atoms with Crippen LogP contribution in [0.2, 0.25) is 0 Å². The predicted molar refractivity (Wildman–Crippen MR) is 115 cm³/mol. The van der Waals surface area contributed by atoms with Crippen LogP contribution in [0, 0.1) is 0 Å². The van der Waals surface area contributed by atoms with Crippen molar-refractivity contribution in [3.8, 4) is 0 Å². The molecule has 0 saturated carbocycles. The average Bonchev–Trinajstić information content (AvgIpc) is 2.74. The smallest absolute Gasteiger partial charge is 0.243 e. The van der Waals surface area contributed by atoms with E-state index in [9.17, 15) is 13.2 Å². The lowest BCUT2D eigenvalue weighted by atomic mass is 10.0. The Morgan fingerprint density at radius 2 is 1.76 bits per heavy atom. The lowest BCUT2D eigenvalue weighted by Gasteiger charge is -2.33. The first kappa shape index (κ1) is 21.5. The van der Waals surface area contributed by atoms with Crippen LogP contribution in [-0.4, -0.2) is 56.8 Å². The summed E-state index contributed by atoms with van der Waals surface area (Å²) in [4.78, 5) is 15.3. The molecule has 2 aromatic rings. The van der Waals surface area contributed by atoms with E-state index in [2.05, 4.69) is 10.2 Å². The van der Waals surface area contributed by atoms with Crippen molar-refractivity contribution >= 4 is 21.6 Å². The number of anilines is 1. The van der Waals surface area contributed by atoms with E-state index in [1.807, 2.05) is 38.4 Å². The van der Waals surface area contributed by atoms with Gasteiger partial charge in [0, 0.05) is 18.8 Å². The third-order valence-corrected chi connectivity index (χ3v) is 7.10. The van der Waals surface area contributed by atoms with Crippen LogP contribution < -0.4 is 5.32 Å². The number of rotatable bonds is 7. The maximum Gasteiger partial charge on any atom is 0.243 e. The minimum atomic E-state index is -3.70. The highest BCUT2D eigenvalue weighted by Gasteiger charge is 2.37. The first-order chi connectivity index (χ1) is 13.9. The van der Waals surface area contributed by atoms with Crippen molar-refractivity contribution in [2.45, 2.75) is 36.6 Å². The Morgan fingerprint density at radius 1 is 1.07 bits per heavy atom. The Labute approximate surface area is 173 Å². The molecule has 0 aliphatic carbocycles. The molecule has 7 heteroatoms. The molecule has 1 saturated heterocycles. The minimum absolute atomic E-state index is 0.227. The molecule has 2 aromatic carbocycles. The number of amides is 1. The van der Waals surface area contributed by atoms with Gasteiger partial charge in [-0.2, -0.15) is 4.31 Å². The molecular weight excluding hydrogens is 386 g/mol. The highest BCUT2D eigenvalue weighted by atomic mass is 32.2. The Kier molecular flexibility index (Phi) is 7.05. The fourth-order valence-electron chi connectivity index (χ4n) is 3.52. The normalized spacial score (nSPS) is 18.0. The van der Waals surface area contributed by atoms with Crippen LogP contribution in [0.25, 0.3) is 0 Å². The van der Waals surface area contributed by atoms with E-state index in [0.717, 1.165) is 25.8 Å². The molecule has 1 unspecified atom stereocenters. The van der Waals surface area contributed by atoms with Crippen LogP contribution in [-0.2, 0) is 21.2 Å². The van der Waals surface area contributed by atoms with Gasteiger partial charge in [-0.3, -0.25) is 4.79 Å². The maximum atomic E-state index is 13.1. The van der Waals surface area contributed by atoms with E-state index in [1.54, 1.807) is 30.3 Å². The molecule has 1 atom stereocenters. The number of carbonyl (C=O) groups is 1. The van der Waals surface area contributed by atoms with Gasteiger partial charge < -0.3 is 10.2 Å². The molecule has 1 aliphatic heterocycles. The average molecular weight is 416 g/mol. The second-order valence-electron chi connectivity index (χ2n) is 7.68. The number of hydrogen-bond acceptors (Lipinski definition) is 4. The first-order valence-electron chi connectivity index (χ1n) is 9.99. The molecule has 1 fully saturated rings. The fraction of sp³-hybridized carbons (Fsp3) is 0.409. The summed E-state index contributed by atoms with van der Waals surface area (Å²) in [7, 11) is 0.369. The lowest BCUT2D eigenvalue weighted by molar-refractivity contribution is -0.120. The predicted octanol–water partition coefficient (Wildman–Crippen LogP) is 2.97. The highest BCUT2D eigenvalue weighted by molar-refractivity contribution is 7.89. The molecule has 0 bridgehead atoms. The number of hydrogen-bond donors (Lipinski definition) is 1. The molecule has 0 spiro atoms. The summed E-state index contributed by atoms with van der Waals surface area (Å²) in [6, 6.07) is 15.4. The topological polar surface area (TPSA) is 69.7 Å². The Hall–Kier alpha value is -2.22. The van der Waals surface area contributed by atoms with Gasteiger partial charge in [-0.05, 0) is 63.2 Å². The molecule has 29 heavy (non-hydrogen) atoms.